The van der Waals surface area contributed by atoms with Crippen molar-refractivity contribution >= 4 is 11.7 Å². The molecule has 1 spiro atoms. The lowest BCUT2D eigenvalue weighted by Crippen LogP contribution is -2.71. The van der Waals surface area contributed by atoms with E-state index < -0.39 is 5.97 Å². The van der Waals surface area contributed by atoms with Crippen LogP contribution in [0, 0.1) is 5.41 Å². The number of likely N-dealkylation sites (tertiary alicyclic amines) is 1. The van der Waals surface area contributed by atoms with Gasteiger partial charge >= 0.3 is 5.97 Å². The second-order valence-corrected chi connectivity index (χ2v) is 5.83. The van der Waals surface area contributed by atoms with Gasteiger partial charge in [-0.05, 0) is 30.8 Å². The number of nitrogens with zero attached hydrogens (tertiary/aromatic N) is 2. The van der Waals surface area contributed by atoms with Crippen molar-refractivity contribution in [2.75, 3.05) is 38.1 Å². The lowest BCUT2D eigenvalue weighted by atomic mass is 9.73. The number of carbonyl (C=O) groups is 1. The van der Waals surface area contributed by atoms with Gasteiger partial charge in [0.15, 0.2) is 0 Å². The average Bonchev–Trinajstić information content (AvgIpc) is 2.31. The summed E-state index contributed by atoms with van der Waals surface area (Å²) in [5.74, 6) is -0.990. The molecule has 1 aromatic carbocycles. The van der Waals surface area contributed by atoms with E-state index in [1.807, 2.05) is 6.07 Å². The Morgan fingerprint density at radius 2 is 2.00 bits per heavy atom. The van der Waals surface area contributed by atoms with Crippen LogP contribution in [0.1, 0.15) is 15.9 Å². The third-order valence-corrected chi connectivity index (χ3v) is 4.12. The minimum atomic E-state index is -0.990. The predicted molar refractivity (Wildman–Crippen MR) is 71.5 cm³/mol. The summed E-state index contributed by atoms with van der Waals surface area (Å²) >= 11 is 0. The van der Waals surface area contributed by atoms with Gasteiger partial charge in [0, 0.05) is 37.3 Å². The maximum atomic E-state index is 11.0. The molecule has 0 saturated carbocycles. The van der Waals surface area contributed by atoms with E-state index in [4.69, 9.17) is 5.11 Å². The zero-order chi connectivity index (χ0) is 13.6. The molecule has 5 nitrogen and oxygen atoms in total. The number of anilines is 1. The summed E-state index contributed by atoms with van der Waals surface area (Å²) in [6.45, 7) is 4.09. The number of carboxylic acids is 1. The summed E-state index contributed by atoms with van der Waals surface area (Å²) in [6.07, 6.45) is 0. The summed E-state index contributed by atoms with van der Waals surface area (Å²) in [6, 6.07) is 5.21. The topological polar surface area (TPSA) is 64.0 Å². The zero-order valence-electron chi connectivity index (χ0n) is 11.0. The van der Waals surface area contributed by atoms with Gasteiger partial charge in [-0.25, -0.2) is 4.79 Å². The molecule has 0 radical (unpaired) electrons. The monoisotopic (exact) mass is 262 g/mol. The zero-order valence-corrected chi connectivity index (χ0v) is 11.0. The van der Waals surface area contributed by atoms with Crippen LogP contribution in [0.4, 0.5) is 5.69 Å². The van der Waals surface area contributed by atoms with Crippen molar-refractivity contribution in [2.45, 2.75) is 6.61 Å². The number of rotatable bonds is 3. The Morgan fingerprint density at radius 3 is 2.53 bits per heavy atom. The molecule has 0 aromatic heterocycles. The van der Waals surface area contributed by atoms with Crippen LogP contribution >= 0.6 is 0 Å². The van der Waals surface area contributed by atoms with Crippen molar-refractivity contribution in [3.8, 4) is 0 Å². The quantitative estimate of drug-likeness (QED) is 0.836. The first-order valence-electron chi connectivity index (χ1n) is 6.44. The van der Waals surface area contributed by atoms with Crippen LogP contribution in [0.5, 0.6) is 0 Å². The van der Waals surface area contributed by atoms with Crippen LogP contribution in [0.15, 0.2) is 18.2 Å². The number of carboxylic acid groups (broad SMARTS) is 1. The van der Waals surface area contributed by atoms with Gasteiger partial charge in [-0.15, -0.1) is 0 Å². The summed E-state index contributed by atoms with van der Waals surface area (Å²) in [4.78, 5) is 15.6. The van der Waals surface area contributed by atoms with E-state index >= 15 is 0 Å². The van der Waals surface area contributed by atoms with E-state index in [2.05, 4.69) is 16.8 Å². The van der Waals surface area contributed by atoms with E-state index in [9.17, 15) is 9.90 Å². The molecule has 2 fully saturated rings. The van der Waals surface area contributed by atoms with E-state index in [1.54, 1.807) is 12.1 Å². The normalized spacial score (nSPS) is 21.1. The number of hydrogen-bond acceptors (Lipinski definition) is 4. The largest absolute Gasteiger partial charge is 0.478 e. The van der Waals surface area contributed by atoms with E-state index in [-0.39, 0.29) is 12.2 Å². The van der Waals surface area contributed by atoms with Crippen molar-refractivity contribution in [2.24, 2.45) is 5.41 Å². The standard InChI is InChI=1S/C14H18N2O3/c1-15-6-14(7-15)8-16(9-14)11-2-3-12(13(18)19)10(4-11)5-17/h2-4,17H,5-9H2,1H3,(H,18,19). The number of aliphatic hydroxyl groups excluding tert-OH is 1. The molecule has 0 unspecified atom stereocenters. The van der Waals surface area contributed by atoms with E-state index in [0.717, 1.165) is 31.9 Å². The second kappa shape index (κ2) is 4.21. The Hall–Kier alpha value is -1.59. The highest BCUT2D eigenvalue weighted by molar-refractivity contribution is 5.90. The first-order valence-corrected chi connectivity index (χ1v) is 6.44. The molecule has 2 N–H and O–H groups in total. The van der Waals surface area contributed by atoms with Gasteiger partial charge in [-0.1, -0.05) is 0 Å². The fourth-order valence-electron chi connectivity index (χ4n) is 3.36. The van der Waals surface area contributed by atoms with Gasteiger partial charge < -0.3 is 20.0 Å². The molecule has 0 atom stereocenters. The Labute approximate surface area is 112 Å². The molecule has 0 bridgehead atoms. The van der Waals surface area contributed by atoms with Crippen LogP contribution < -0.4 is 4.90 Å². The molecule has 2 heterocycles. The Balaban J connectivity index is 1.75. The third kappa shape index (κ3) is 1.99. The minimum Gasteiger partial charge on any atom is -0.478 e. The molecular formula is C14H18N2O3. The first kappa shape index (κ1) is 12.4. The molecule has 102 valence electrons. The smallest absolute Gasteiger partial charge is 0.336 e. The van der Waals surface area contributed by atoms with Gasteiger partial charge in [0.25, 0.3) is 0 Å². The predicted octanol–water partition coefficient (Wildman–Crippen LogP) is 0.629. The lowest BCUT2D eigenvalue weighted by Gasteiger charge is -2.60. The van der Waals surface area contributed by atoms with Gasteiger partial charge in [0.2, 0.25) is 0 Å². The third-order valence-electron chi connectivity index (χ3n) is 4.12. The van der Waals surface area contributed by atoms with E-state index in [1.165, 1.54) is 0 Å². The van der Waals surface area contributed by atoms with Crippen molar-refractivity contribution in [3.05, 3.63) is 29.3 Å². The van der Waals surface area contributed by atoms with Gasteiger partial charge in [-0.2, -0.15) is 0 Å². The summed E-state index contributed by atoms with van der Waals surface area (Å²) < 4.78 is 0. The fourth-order valence-corrected chi connectivity index (χ4v) is 3.36. The average molecular weight is 262 g/mol. The van der Waals surface area contributed by atoms with Gasteiger partial charge in [0.05, 0.1) is 12.2 Å². The number of aliphatic hydroxyl groups is 1. The summed E-state index contributed by atoms with van der Waals surface area (Å²) in [5.41, 5.74) is 2.12. The summed E-state index contributed by atoms with van der Waals surface area (Å²) in [7, 11) is 2.12. The molecule has 5 heteroatoms. The molecule has 2 aliphatic heterocycles. The van der Waals surface area contributed by atoms with Crippen LogP contribution in [0.2, 0.25) is 0 Å². The first-order chi connectivity index (χ1) is 9.03. The highest BCUT2D eigenvalue weighted by atomic mass is 16.4. The Kier molecular flexibility index (Phi) is 2.76. The fraction of sp³-hybridized carbons (Fsp3) is 0.500. The number of hydrogen-bond donors (Lipinski definition) is 2. The van der Waals surface area contributed by atoms with Crippen LogP contribution in [-0.4, -0.2) is 54.3 Å². The SMILES string of the molecule is CN1CC2(C1)CN(c1ccc(C(=O)O)c(CO)c1)C2. The van der Waals surface area contributed by atoms with Crippen LogP contribution in [-0.2, 0) is 6.61 Å². The number of benzene rings is 1. The van der Waals surface area contributed by atoms with Crippen molar-refractivity contribution in [3.63, 3.8) is 0 Å². The van der Waals surface area contributed by atoms with Gasteiger partial charge in [-0.3, -0.25) is 0 Å². The molecule has 3 rings (SSSR count). The summed E-state index contributed by atoms with van der Waals surface area (Å²) in [5, 5.41) is 18.3. The molecule has 2 saturated heterocycles. The number of aromatic carboxylic acids is 1. The molecule has 2 aliphatic rings. The molecule has 19 heavy (non-hydrogen) atoms. The maximum Gasteiger partial charge on any atom is 0.336 e. The molecule has 0 amide bonds. The highest BCUT2D eigenvalue weighted by Gasteiger charge is 2.50. The van der Waals surface area contributed by atoms with Crippen molar-refractivity contribution in [1.29, 1.82) is 0 Å². The Bertz CT molecular complexity index is 515. The van der Waals surface area contributed by atoms with Crippen LogP contribution in [0.25, 0.3) is 0 Å². The Morgan fingerprint density at radius 1 is 1.32 bits per heavy atom. The van der Waals surface area contributed by atoms with Gasteiger partial charge in [0.1, 0.15) is 0 Å². The van der Waals surface area contributed by atoms with E-state index in [0.29, 0.717) is 11.0 Å². The van der Waals surface area contributed by atoms with Crippen molar-refractivity contribution < 1.29 is 15.0 Å². The highest BCUT2D eigenvalue weighted by Crippen LogP contribution is 2.41. The second-order valence-electron chi connectivity index (χ2n) is 5.83. The van der Waals surface area contributed by atoms with Crippen LogP contribution in [0.3, 0.4) is 0 Å². The molecular weight excluding hydrogens is 244 g/mol. The minimum absolute atomic E-state index is 0.185. The maximum absolute atomic E-state index is 11.0. The molecule has 0 aliphatic carbocycles. The molecule has 1 aromatic rings. The van der Waals surface area contributed by atoms with Crippen molar-refractivity contribution in [1.82, 2.24) is 4.90 Å². The lowest BCUT2D eigenvalue weighted by molar-refractivity contribution is -0.00240.